The largest absolute Gasteiger partial charge is 0.329 e. The summed E-state index contributed by atoms with van der Waals surface area (Å²) in [6, 6.07) is 11.5. The summed E-state index contributed by atoms with van der Waals surface area (Å²) >= 11 is 0. The second-order valence-corrected chi connectivity index (χ2v) is 8.47. The summed E-state index contributed by atoms with van der Waals surface area (Å²) in [5.74, 6) is 0.153. The van der Waals surface area contributed by atoms with Gasteiger partial charge in [-0.05, 0) is 56.4 Å². The van der Waals surface area contributed by atoms with Crippen molar-refractivity contribution in [1.29, 1.82) is 0 Å². The van der Waals surface area contributed by atoms with Gasteiger partial charge in [0.2, 0.25) is 5.91 Å². The molecule has 152 valence electrons. The second kappa shape index (κ2) is 7.62. The molecule has 2 aliphatic rings. The van der Waals surface area contributed by atoms with Gasteiger partial charge in [-0.3, -0.25) is 9.59 Å². The summed E-state index contributed by atoms with van der Waals surface area (Å²) in [4.78, 5) is 33.6. The Hall–Kier alpha value is -2.69. The summed E-state index contributed by atoms with van der Waals surface area (Å²) in [5.41, 5.74) is 2.09. The van der Waals surface area contributed by atoms with Gasteiger partial charge >= 0.3 is 0 Å². The Labute approximate surface area is 172 Å². The number of nitrogens with one attached hydrogen (secondary N) is 1. The Morgan fingerprint density at radius 3 is 2.62 bits per heavy atom. The van der Waals surface area contributed by atoms with Crippen LogP contribution in [0.1, 0.15) is 73.4 Å². The van der Waals surface area contributed by atoms with Crippen molar-refractivity contribution in [2.45, 2.75) is 70.4 Å². The Balaban J connectivity index is 1.82. The van der Waals surface area contributed by atoms with Crippen molar-refractivity contribution in [2.75, 3.05) is 5.32 Å². The van der Waals surface area contributed by atoms with E-state index in [0.29, 0.717) is 11.4 Å². The van der Waals surface area contributed by atoms with E-state index < -0.39 is 11.5 Å². The van der Waals surface area contributed by atoms with Crippen LogP contribution in [0.25, 0.3) is 0 Å². The highest BCUT2D eigenvalue weighted by molar-refractivity contribution is 6.05. The quantitative estimate of drug-likeness (QED) is 0.823. The van der Waals surface area contributed by atoms with E-state index >= 15 is 0 Å². The molecule has 4 rings (SSSR count). The molecule has 0 radical (unpaired) electrons. The molecule has 1 N–H and O–H groups in total. The zero-order chi connectivity index (χ0) is 20.6. The SMILES string of the molecule is CC[C@@H](C)N1C(=O)c2ccccc2[C@H](C(=O)Nc2ccc(C)cn2)C12CCCC2. The topological polar surface area (TPSA) is 62.3 Å². The van der Waals surface area contributed by atoms with Gasteiger partial charge in [-0.2, -0.15) is 0 Å². The molecule has 5 heteroatoms. The van der Waals surface area contributed by atoms with Crippen LogP contribution in [-0.4, -0.2) is 33.3 Å². The number of amides is 2. The number of hydrogen-bond donors (Lipinski definition) is 1. The molecule has 1 saturated carbocycles. The zero-order valence-corrected chi connectivity index (χ0v) is 17.4. The smallest absolute Gasteiger partial charge is 0.254 e. The Bertz CT molecular complexity index is 916. The molecule has 1 aromatic carbocycles. The Morgan fingerprint density at radius 2 is 1.97 bits per heavy atom. The molecule has 1 aromatic heterocycles. The van der Waals surface area contributed by atoms with E-state index in [1.807, 2.05) is 48.2 Å². The fraction of sp³-hybridized carbons (Fsp3) is 0.458. The molecule has 0 unspecified atom stereocenters. The minimum atomic E-state index is -0.463. The van der Waals surface area contributed by atoms with Crippen LogP contribution in [0, 0.1) is 6.92 Å². The molecule has 2 amide bonds. The van der Waals surface area contributed by atoms with Crippen LogP contribution in [0.3, 0.4) is 0 Å². The van der Waals surface area contributed by atoms with Gasteiger partial charge in [-0.15, -0.1) is 0 Å². The minimum Gasteiger partial charge on any atom is -0.329 e. The lowest BCUT2D eigenvalue weighted by Gasteiger charge is -2.52. The third-order valence-electron chi connectivity index (χ3n) is 6.66. The van der Waals surface area contributed by atoms with Gasteiger partial charge in [-0.25, -0.2) is 4.98 Å². The maximum atomic E-state index is 13.7. The summed E-state index contributed by atoms with van der Waals surface area (Å²) in [6.45, 7) is 6.17. The van der Waals surface area contributed by atoms with E-state index in [4.69, 9.17) is 0 Å². The highest BCUT2D eigenvalue weighted by atomic mass is 16.2. The van der Waals surface area contributed by atoms with E-state index in [-0.39, 0.29) is 17.9 Å². The van der Waals surface area contributed by atoms with Crippen LogP contribution < -0.4 is 5.32 Å². The standard InChI is InChI=1S/C24H29N3O2/c1-4-17(3)27-23(29)19-10-6-5-9-18(19)21(24(27)13-7-8-14-24)22(28)26-20-12-11-16(2)15-25-20/h5-6,9-12,15,17,21H,4,7-8,13-14H2,1-3H3,(H,25,26,28)/t17-,21-/m1/s1. The van der Waals surface area contributed by atoms with Crippen molar-refractivity contribution < 1.29 is 9.59 Å². The van der Waals surface area contributed by atoms with E-state index in [0.717, 1.165) is 43.2 Å². The molecule has 0 saturated heterocycles. The lowest BCUT2D eigenvalue weighted by Crippen LogP contribution is -2.62. The van der Waals surface area contributed by atoms with Crippen molar-refractivity contribution >= 4 is 17.6 Å². The van der Waals surface area contributed by atoms with Crippen LogP contribution in [0.2, 0.25) is 0 Å². The fourth-order valence-electron chi connectivity index (χ4n) is 5.17. The normalized spacial score (nSPS) is 21.1. The first-order valence-electron chi connectivity index (χ1n) is 10.6. The highest BCUT2D eigenvalue weighted by Gasteiger charge is 2.56. The number of anilines is 1. The minimum absolute atomic E-state index is 0.0642. The molecular weight excluding hydrogens is 362 g/mol. The van der Waals surface area contributed by atoms with Gasteiger partial charge in [0.05, 0.1) is 11.5 Å². The van der Waals surface area contributed by atoms with E-state index in [1.165, 1.54) is 0 Å². The van der Waals surface area contributed by atoms with Gasteiger partial charge in [0.25, 0.3) is 5.91 Å². The number of aryl methyl sites for hydroxylation is 1. The summed E-state index contributed by atoms with van der Waals surface area (Å²) in [5, 5.41) is 3.04. The molecule has 1 spiro atoms. The molecule has 2 heterocycles. The summed E-state index contributed by atoms with van der Waals surface area (Å²) in [7, 11) is 0. The average Bonchev–Trinajstić information content (AvgIpc) is 3.19. The van der Waals surface area contributed by atoms with Crippen molar-refractivity contribution in [3.8, 4) is 0 Å². The van der Waals surface area contributed by atoms with E-state index in [2.05, 4.69) is 24.1 Å². The molecule has 29 heavy (non-hydrogen) atoms. The van der Waals surface area contributed by atoms with Gasteiger partial charge < -0.3 is 10.2 Å². The van der Waals surface area contributed by atoms with Crippen molar-refractivity contribution in [3.05, 3.63) is 59.3 Å². The lowest BCUT2D eigenvalue weighted by atomic mass is 9.70. The van der Waals surface area contributed by atoms with E-state index in [1.54, 1.807) is 6.20 Å². The Morgan fingerprint density at radius 1 is 1.24 bits per heavy atom. The molecule has 2 atom stereocenters. The van der Waals surface area contributed by atoms with Crippen LogP contribution in [0.15, 0.2) is 42.6 Å². The van der Waals surface area contributed by atoms with Crippen molar-refractivity contribution in [2.24, 2.45) is 0 Å². The highest BCUT2D eigenvalue weighted by Crippen LogP contribution is 2.51. The predicted molar refractivity (Wildman–Crippen MR) is 114 cm³/mol. The molecule has 1 aliphatic carbocycles. The number of benzene rings is 1. The summed E-state index contributed by atoms with van der Waals surface area (Å²) < 4.78 is 0. The number of hydrogen-bond acceptors (Lipinski definition) is 3. The average molecular weight is 392 g/mol. The first-order chi connectivity index (χ1) is 14.0. The molecular formula is C24H29N3O2. The number of nitrogens with zero attached hydrogens (tertiary/aromatic N) is 2. The third-order valence-corrected chi connectivity index (χ3v) is 6.66. The van der Waals surface area contributed by atoms with Crippen LogP contribution in [0.4, 0.5) is 5.82 Å². The van der Waals surface area contributed by atoms with Gasteiger partial charge in [0, 0.05) is 17.8 Å². The molecule has 2 aromatic rings. The molecule has 0 bridgehead atoms. The predicted octanol–water partition coefficient (Wildman–Crippen LogP) is 4.68. The second-order valence-electron chi connectivity index (χ2n) is 8.47. The van der Waals surface area contributed by atoms with Crippen molar-refractivity contribution in [3.63, 3.8) is 0 Å². The van der Waals surface area contributed by atoms with E-state index in [9.17, 15) is 9.59 Å². The maximum absolute atomic E-state index is 13.7. The van der Waals surface area contributed by atoms with Crippen LogP contribution >= 0.6 is 0 Å². The number of rotatable bonds is 4. The Kier molecular flexibility index (Phi) is 5.15. The van der Waals surface area contributed by atoms with Gasteiger partial charge in [-0.1, -0.05) is 44.0 Å². The number of aromatic nitrogens is 1. The number of pyridine rings is 1. The van der Waals surface area contributed by atoms with Gasteiger partial charge in [0.1, 0.15) is 5.82 Å². The summed E-state index contributed by atoms with van der Waals surface area (Å²) in [6.07, 6.45) is 6.41. The number of carbonyl (C=O) groups excluding carboxylic acids is 2. The zero-order valence-electron chi connectivity index (χ0n) is 17.4. The molecule has 1 fully saturated rings. The maximum Gasteiger partial charge on any atom is 0.254 e. The number of fused-ring (bicyclic) bond motifs is 1. The fourth-order valence-corrected chi connectivity index (χ4v) is 5.17. The van der Waals surface area contributed by atoms with Gasteiger partial charge in [0.15, 0.2) is 0 Å². The molecule has 5 nitrogen and oxygen atoms in total. The van der Waals surface area contributed by atoms with Crippen LogP contribution in [-0.2, 0) is 4.79 Å². The molecule has 1 aliphatic heterocycles. The third kappa shape index (κ3) is 3.22. The van der Waals surface area contributed by atoms with Crippen molar-refractivity contribution in [1.82, 2.24) is 9.88 Å². The monoisotopic (exact) mass is 391 g/mol. The first kappa shape index (κ1) is 19.6. The lowest BCUT2D eigenvalue weighted by molar-refractivity contribution is -0.121. The first-order valence-corrected chi connectivity index (χ1v) is 10.6. The van der Waals surface area contributed by atoms with Crippen LogP contribution in [0.5, 0.6) is 0 Å². The number of carbonyl (C=O) groups is 2.